The molecule has 2 aromatic rings. The second-order valence-corrected chi connectivity index (χ2v) is 8.86. The number of thiazole rings is 1. The highest BCUT2D eigenvalue weighted by Gasteiger charge is 2.21. The molecule has 1 aromatic heterocycles. The fourth-order valence-electron chi connectivity index (χ4n) is 2.59. The van der Waals surface area contributed by atoms with Crippen LogP contribution in [-0.2, 0) is 39.0 Å². The van der Waals surface area contributed by atoms with E-state index in [2.05, 4.69) is 4.98 Å². The van der Waals surface area contributed by atoms with Crippen LogP contribution in [-0.4, -0.2) is 36.8 Å². The molecule has 8 heteroatoms. The SMILES string of the molecule is CCc1nc(COC(=O)CCc2ccc(S(=O)(=O)N(CC)CC)cc2)cs1. The number of carbonyl (C=O) groups is 1. The number of nitrogens with zero attached hydrogens (tertiary/aromatic N) is 2. The lowest BCUT2D eigenvalue weighted by atomic mass is 10.1. The Bertz CT molecular complexity index is 841. The molecule has 1 aromatic carbocycles. The van der Waals surface area contributed by atoms with Crippen LogP contribution in [0.2, 0.25) is 0 Å². The maximum Gasteiger partial charge on any atom is 0.306 e. The maximum absolute atomic E-state index is 12.5. The van der Waals surface area contributed by atoms with E-state index in [4.69, 9.17) is 4.74 Å². The molecule has 1 heterocycles. The first kappa shape index (κ1) is 21.5. The largest absolute Gasteiger partial charge is 0.459 e. The highest BCUT2D eigenvalue weighted by atomic mass is 32.2. The van der Waals surface area contributed by atoms with E-state index in [9.17, 15) is 13.2 Å². The van der Waals surface area contributed by atoms with E-state index in [0.717, 1.165) is 22.7 Å². The molecule has 0 aliphatic carbocycles. The number of hydrogen-bond donors (Lipinski definition) is 0. The van der Waals surface area contributed by atoms with E-state index in [0.29, 0.717) is 19.5 Å². The molecule has 6 nitrogen and oxygen atoms in total. The standard InChI is InChI=1S/C19H26N2O4S2/c1-4-18-20-16(14-26-18)13-25-19(22)12-9-15-7-10-17(11-8-15)27(23,24)21(5-2)6-3/h7-8,10-11,14H,4-6,9,12-13H2,1-3H3. The third kappa shape index (κ3) is 5.85. The Balaban J connectivity index is 1.86. The minimum atomic E-state index is -3.45. The third-order valence-electron chi connectivity index (χ3n) is 4.17. The first-order valence-electron chi connectivity index (χ1n) is 9.08. The molecule has 0 atom stereocenters. The molecular formula is C19H26N2O4S2. The van der Waals surface area contributed by atoms with Crippen molar-refractivity contribution < 1.29 is 17.9 Å². The van der Waals surface area contributed by atoms with Crippen LogP contribution in [0.25, 0.3) is 0 Å². The third-order valence-corrected chi connectivity index (χ3v) is 7.27. The van der Waals surface area contributed by atoms with Crippen LogP contribution < -0.4 is 0 Å². The zero-order valence-corrected chi connectivity index (χ0v) is 17.6. The average Bonchev–Trinajstić information content (AvgIpc) is 3.14. The molecule has 2 rings (SSSR count). The van der Waals surface area contributed by atoms with E-state index in [1.54, 1.807) is 35.6 Å². The predicted octanol–water partition coefficient (Wildman–Crippen LogP) is 3.41. The minimum Gasteiger partial charge on any atom is -0.459 e. The van der Waals surface area contributed by atoms with Gasteiger partial charge < -0.3 is 4.74 Å². The molecule has 0 aliphatic rings. The molecule has 0 N–H and O–H groups in total. The second-order valence-electron chi connectivity index (χ2n) is 5.98. The number of benzene rings is 1. The average molecular weight is 411 g/mol. The van der Waals surface area contributed by atoms with Crippen molar-refractivity contribution in [2.45, 2.75) is 51.5 Å². The van der Waals surface area contributed by atoms with E-state index in [1.165, 1.54) is 4.31 Å². The molecule has 27 heavy (non-hydrogen) atoms. The number of esters is 1. The van der Waals surface area contributed by atoms with Gasteiger partial charge in [0.25, 0.3) is 0 Å². The number of ether oxygens (including phenoxy) is 1. The first-order valence-corrected chi connectivity index (χ1v) is 11.4. The number of sulfonamides is 1. The summed E-state index contributed by atoms with van der Waals surface area (Å²) in [5.74, 6) is -0.291. The van der Waals surface area contributed by atoms with Gasteiger partial charge in [-0.3, -0.25) is 4.79 Å². The van der Waals surface area contributed by atoms with Gasteiger partial charge in [-0.15, -0.1) is 11.3 Å². The van der Waals surface area contributed by atoms with Crippen molar-refractivity contribution >= 4 is 27.3 Å². The Labute approximate surface area is 165 Å². The summed E-state index contributed by atoms with van der Waals surface area (Å²) in [4.78, 5) is 16.5. The quantitative estimate of drug-likeness (QED) is 0.561. The molecule has 0 saturated carbocycles. The van der Waals surface area contributed by atoms with Crippen molar-refractivity contribution in [3.63, 3.8) is 0 Å². The van der Waals surface area contributed by atoms with E-state index in [1.807, 2.05) is 26.2 Å². The van der Waals surface area contributed by atoms with Crippen LogP contribution in [0.5, 0.6) is 0 Å². The summed E-state index contributed by atoms with van der Waals surface area (Å²) < 4.78 is 31.6. The summed E-state index contributed by atoms with van der Waals surface area (Å²) in [6.07, 6.45) is 1.62. The monoisotopic (exact) mass is 410 g/mol. The fourth-order valence-corrected chi connectivity index (χ4v) is 4.78. The Hall–Kier alpha value is -1.77. The fraction of sp³-hybridized carbons (Fsp3) is 0.474. The summed E-state index contributed by atoms with van der Waals surface area (Å²) in [6, 6.07) is 6.68. The zero-order chi connectivity index (χ0) is 19.9. The van der Waals surface area contributed by atoms with Gasteiger partial charge in [0.2, 0.25) is 10.0 Å². The minimum absolute atomic E-state index is 0.191. The predicted molar refractivity (Wildman–Crippen MR) is 106 cm³/mol. The summed E-state index contributed by atoms with van der Waals surface area (Å²) in [6.45, 7) is 6.73. The lowest BCUT2D eigenvalue weighted by molar-refractivity contribution is -0.145. The lowest BCUT2D eigenvalue weighted by Crippen LogP contribution is -2.30. The summed E-state index contributed by atoms with van der Waals surface area (Å²) in [5, 5.41) is 2.93. The Morgan fingerprint density at radius 3 is 2.37 bits per heavy atom. The number of aryl methyl sites for hydroxylation is 2. The molecule has 0 aliphatic heterocycles. The highest BCUT2D eigenvalue weighted by molar-refractivity contribution is 7.89. The van der Waals surface area contributed by atoms with Crippen molar-refractivity contribution in [2.75, 3.05) is 13.1 Å². The number of carbonyl (C=O) groups excluding carboxylic acids is 1. The molecular weight excluding hydrogens is 384 g/mol. The van der Waals surface area contributed by atoms with Crippen molar-refractivity contribution in [1.82, 2.24) is 9.29 Å². The first-order chi connectivity index (χ1) is 12.9. The Morgan fingerprint density at radius 1 is 1.15 bits per heavy atom. The van der Waals surface area contributed by atoms with Crippen LogP contribution in [0.15, 0.2) is 34.5 Å². The Kier molecular flexibility index (Phi) is 7.94. The maximum atomic E-state index is 12.5. The molecule has 0 saturated heterocycles. The van der Waals surface area contributed by atoms with E-state index >= 15 is 0 Å². The van der Waals surface area contributed by atoms with Gasteiger partial charge in [-0.1, -0.05) is 32.9 Å². The van der Waals surface area contributed by atoms with Crippen LogP contribution in [0.1, 0.15) is 43.5 Å². The molecule has 148 valence electrons. The second kappa shape index (κ2) is 9.96. The van der Waals surface area contributed by atoms with Gasteiger partial charge in [0.05, 0.1) is 15.6 Å². The summed E-state index contributed by atoms with van der Waals surface area (Å²) >= 11 is 1.56. The van der Waals surface area contributed by atoms with Crippen LogP contribution in [0.4, 0.5) is 0 Å². The number of aromatic nitrogens is 1. The van der Waals surface area contributed by atoms with Crippen molar-refractivity contribution in [1.29, 1.82) is 0 Å². The van der Waals surface area contributed by atoms with Crippen LogP contribution in [0.3, 0.4) is 0 Å². The smallest absolute Gasteiger partial charge is 0.306 e. The van der Waals surface area contributed by atoms with Gasteiger partial charge in [0.15, 0.2) is 0 Å². The van der Waals surface area contributed by atoms with Gasteiger partial charge >= 0.3 is 5.97 Å². The summed E-state index contributed by atoms with van der Waals surface area (Å²) in [7, 11) is -3.45. The van der Waals surface area contributed by atoms with Crippen LogP contribution >= 0.6 is 11.3 Å². The van der Waals surface area contributed by atoms with Gasteiger partial charge in [0.1, 0.15) is 6.61 Å². The number of rotatable bonds is 10. The van der Waals surface area contributed by atoms with Crippen molar-refractivity contribution in [2.24, 2.45) is 0 Å². The molecule has 0 spiro atoms. The van der Waals surface area contributed by atoms with Gasteiger partial charge in [0, 0.05) is 24.9 Å². The van der Waals surface area contributed by atoms with Gasteiger partial charge in [-0.25, -0.2) is 13.4 Å². The van der Waals surface area contributed by atoms with E-state index < -0.39 is 10.0 Å². The van der Waals surface area contributed by atoms with Gasteiger partial charge in [-0.05, 0) is 30.5 Å². The van der Waals surface area contributed by atoms with Crippen LogP contribution in [0, 0.1) is 0 Å². The Morgan fingerprint density at radius 2 is 1.81 bits per heavy atom. The molecule has 0 radical (unpaired) electrons. The zero-order valence-electron chi connectivity index (χ0n) is 16.0. The lowest BCUT2D eigenvalue weighted by Gasteiger charge is -2.18. The van der Waals surface area contributed by atoms with Crippen molar-refractivity contribution in [3.8, 4) is 0 Å². The normalized spacial score (nSPS) is 11.7. The highest BCUT2D eigenvalue weighted by Crippen LogP contribution is 2.17. The van der Waals surface area contributed by atoms with Gasteiger partial charge in [-0.2, -0.15) is 4.31 Å². The van der Waals surface area contributed by atoms with Crippen molar-refractivity contribution in [3.05, 3.63) is 45.9 Å². The topological polar surface area (TPSA) is 76.6 Å². The molecule has 0 bridgehead atoms. The number of hydrogen-bond acceptors (Lipinski definition) is 6. The molecule has 0 unspecified atom stereocenters. The summed E-state index contributed by atoms with van der Waals surface area (Å²) in [5.41, 5.74) is 1.67. The van der Waals surface area contributed by atoms with E-state index in [-0.39, 0.29) is 23.9 Å². The molecule has 0 fully saturated rings. The molecule has 0 amide bonds.